The fourth-order valence-corrected chi connectivity index (χ4v) is 2.75. The number of aryl methyl sites for hydroxylation is 1. The van der Waals surface area contributed by atoms with Crippen LogP contribution in [0, 0.1) is 12.8 Å². The van der Waals surface area contributed by atoms with E-state index >= 15 is 0 Å². The summed E-state index contributed by atoms with van der Waals surface area (Å²) in [5.74, 6) is 1.28. The Labute approximate surface area is 141 Å². The molecular weight excluding hydrogens is 304 g/mol. The molecule has 1 saturated heterocycles. The third-order valence-corrected chi connectivity index (χ3v) is 4.16. The highest BCUT2D eigenvalue weighted by Gasteiger charge is 2.25. The van der Waals surface area contributed by atoms with Crippen LogP contribution in [0.4, 0.5) is 0 Å². The summed E-state index contributed by atoms with van der Waals surface area (Å²) < 4.78 is 5.81. The van der Waals surface area contributed by atoms with Crippen LogP contribution in [0.15, 0.2) is 36.7 Å². The van der Waals surface area contributed by atoms with E-state index < -0.39 is 0 Å². The van der Waals surface area contributed by atoms with Gasteiger partial charge < -0.3 is 15.0 Å². The molecule has 0 radical (unpaired) electrons. The van der Waals surface area contributed by atoms with Crippen LogP contribution in [0.3, 0.4) is 0 Å². The van der Waals surface area contributed by atoms with Gasteiger partial charge in [0.1, 0.15) is 5.75 Å². The minimum atomic E-state index is 0.0670. The lowest BCUT2D eigenvalue weighted by atomic mass is 10.1. The summed E-state index contributed by atoms with van der Waals surface area (Å²) in [4.78, 5) is 22.9. The normalized spacial score (nSPS) is 17.7. The third-order valence-electron chi connectivity index (χ3n) is 4.16. The second-order valence-corrected chi connectivity index (χ2v) is 6.17. The molecular formula is C18H22N4O2. The average molecular weight is 326 g/mol. The Hall–Kier alpha value is -2.47. The summed E-state index contributed by atoms with van der Waals surface area (Å²) in [5, 5.41) is 3.00. The van der Waals surface area contributed by atoms with Crippen LogP contribution in [0.1, 0.15) is 17.7 Å². The van der Waals surface area contributed by atoms with Crippen molar-refractivity contribution in [1.82, 2.24) is 20.2 Å². The van der Waals surface area contributed by atoms with Gasteiger partial charge in [0.05, 0.1) is 12.1 Å². The summed E-state index contributed by atoms with van der Waals surface area (Å²) in [6, 6.07) is 7.49. The van der Waals surface area contributed by atoms with Crippen molar-refractivity contribution in [2.75, 3.05) is 20.1 Å². The lowest BCUT2D eigenvalue weighted by molar-refractivity contribution is -0.124. The first-order valence-corrected chi connectivity index (χ1v) is 8.12. The van der Waals surface area contributed by atoms with E-state index in [0.29, 0.717) is 18.2 Å². The number of amides is 1. The van der Waals surface area contributed by atoms with Gasteiger partial charge >= 0.3 is 0 Å². The topological polar surface area (TPSA) is 67.3 Å². The third kappa shape index (κ3) is 4.08. The van der Waals surface area contributed by atoms with Crippen LogP contribution in [-0.4, -0.2) is 40.9 Å². The molecule has 6 nitrogen and oxygen atoms in total. The number of ether oxygens (including phenoxy) is 1. The molecule has 1 fully saturated rings. The van der Waals surface area contributed by atoms with E-state index in [-0.39, 0.29) is 11.8 Å². The molecule has 0 unspecified atom stereocenters. The number of hydrogen-bond donors (Lipinski definition) is 1. The van der Waals surface area contributed by atoms with E-state index in [1.165, 1.54) is 0 Å². The minimum Gasteiger partial charge on any atom is -0.437 e. The molecule has 0 aliphatic carbocycles. The Balaban J connectivity index is 1.63. The average Bonchev–Trinajstić information content (AvgIpc) is 3.02. The fourth-order valence-electron chi connectivity index (χ4n) is 2.75. The van der Waals surface area contributed by atoms with Crippen LogP contribution < -0.4 is 10.1 Å². The quantitative estimate of drug-likeness (QED) is 0.912. The first-order valence-electron chi connectivity index (χ1n) is 8.12. The summed E-state index contributed by atoms with van der Waals surface area (Å²) in [6.45, 7) is 4.12. The van der Waals surface area contributed by atoms with E-state index in [9.17, 15) is 4.79 Å². The maximum absolute atomic E-state index is 12.3. The molecule has 2 aromatic heterocycles. The van der Waals surface area contributed by atoms with Crippen molar-refractivity contribution < 1.29 is 9.53 Å². The van der Waals surface area contributed by atoms with Crippen molar-refractivity contribution in [2.45, 2.75) is 19.9 Å². The number of nitrogens with one attached hydrogen (secondary N) is 1. The summed E-state index contributed by atoms with van der Waals surface area (Å²) in [6.07, 6.45) is 4.25. The highest BCUT2D eigenvalue weighted by Crippen LogP contribution is 2.22. The van der Waals surface area contributed by atoms with Gasteiger partial charge in [-0.15, -0.1) is 0 Å². The number of rotatable bonds is 5. The van der Waals surface area contributed by atoms with Gasteiger partial charge in [0, 0.05) is 30.5 Å². The standard InChI is InChI=1S/C18H22N4O2/c1-13-5-6-16(11-20-13)24-18-14(4-3-8-19-18)10-21-17(23)15-7-9-22(2)12-15/h3-6,8,11,15H,7,9-10,12H2,1-2H3,(H,21,23)/t15-/m0/s1. The molecule has 2 aromatic rings. The second kappa shape index (κ2) is 7.40. The van der Waals surface area contributed by atoms with Gasteiger partial charge in [0.15, 0.2) is 0 Å². The molecule has 24 heavy (non-hydrogen) atoms. The second-order valence-electron chi connectivity index (χ2n) is 6.17. The number of nitrogens with zero attached hydrogens (tertiary/aromatic N) is 3. The first kappa shape index (κ1) is 16.4. The molecule has 0 aromatic carbocycles. The van der Waals surface area contributed by atoms with Crippen molar-refractivity contribution in [3.05, 3.63) is 47.9 Å². The lowest BCUT2D eigenvalue weighted by Gasteiger charge is -2.13. The Morgan fingerprint density at radius 2 is 2.25 bits per heavy atom. The van der Waals surface area contributed by atoms with E-state index in [2.05, 4.69) is 20.2 Å². The molecule has 1 atom stereocenters. The maximum atomic E-state index is 12.3. The van der Waals surface area contributed by atoms with Gasteiger partial charge in [0.2, 0.25) is 11.8 Å². The van der Waals surface area contributed by atoms with Crippen LogP contribution in [0.2, 0.25) is 0 Å². The Bertz CT molecular complexity index is 702. The summed E-state index contributed by atoms with van der Waals surface area (Å²) in [7, 11) is 2.04. The van der Waals surface area contributed by atoms with Gasteiger partial charge in [0.25, 0.3) is 0 Å². The highest BCUT2D eigenvalue weighted by atomic mass is 16.5. The molecule has 1 amide bonds. The Morgan fingerprint density at radius 3 is 2.96 bits per heavy atom. The van der Waals surface area contributed by atoms with Gasteiger partial charge in [-0.2, -0.15) is 0 Å². The van der Waals surface area contributed by atoms with Crippen LogP contribution >= 0.6 is 0 Å². The molecule has 0 bridgehead atoms. The van der Waals surface area contributed by atoms with Crippen LogP contribution in [-0.2, 0) is 11.3 Å². The number of carbonyl (C=O) groups excluding carboxylic acids is 1. The van der Waals surface area contributed by atoms with Crippen molar-refractivity contribution in [1.29, 1.82) is 0 Å². The summed E-state index contributed by atoms with van der Waals surface area (Å²) in [5.41, 5.74) is 1.77. The highest BCUT2D eigenvalue weighted by molar-refractivity contribution is 5.79. The maximum Gasteiger partial charge on any atom is 0.224 e. The number of likely N-dealkylation sites (tertiary alicyclic amines) is 1. The number of hydrogen-bond acceptors (Lipinski definition) is 5. The molecule has 1 aliphatic heterocycles. The minimum absolute atomic E-state index is 0.0670. The van der Waals surface area contributed by atoms with Crippen LogP contribution in [0.5, 0.6) is 11.6 Å². The molecule has 126 valence electrons. The predicted molar refractivity (Wildman–Crippen MR) is 90.7 cm³/mol. The molecule has 3 rings (SSSR count). The molecule has 1 aliphatic rings. The Kier molecular flexibility index (Phi) is 5.05. The molecule has 0 spiro atoms. The smallest absolute Gasteiger partial charge is 0.224 e. The SMILES string of the molecule is Cc1ccc(Oc2ncccc2CNC(=O)[C@H]2CCN(C)C2)cn1. The van der Waals surface area contributed by atoms with Gasteiger partial charge in [-0.1, -0.05) is 6.07 Å². The number of aromatic nitrogens is 2. The molecule has 0 saturated carbocycles. The van der Waals surface area contributed by atoms with E-state index in [1.807, 2.05) is 38.2 Å². The fraction of sp³-hybridized carbons (Fsp3) is 0.389. The predicted octanol–water partition coefficient (Wildman–Crippen LogP) is 2.15. The Morgan fingerprint density at radius 1 is 1.38 bits per heavy atom. The monoisotopic (exact) mass is 326 g/mol. The molecule has 1 N–H and O–H groups in total. The zero-order chi connectivity index (χ0) is 16.9. The van der Waals surface area contributed by atoms with Crippen molar-refractivity contribution in [3.63, 3.8) is 0 Å². The number of pyridine rings is 2. The summed E-state index contributed by atoms with van der Waals surface area (Å²) >= 11 is 0. The van der Waals surface area contributed by atoms with Gasteiger partial charge in [-0.25, -0.2) is 4.98 Å². The first-order chi connectivity index (χ1) is 11.6. The van der Waals surface area contributed by atoms with Crippen LogP contribution in [0.25, 0.3) is 0 Å². The van der Waals surface area contributed by atoms with Crippen molar-refractivity contribution in [3.8, 4) is 11.6 Å². The van der Waals surface area contributed by atoms with Gasteiger partial charge in [-0.05, 0) is 45.1 Å². The van der Waals surface area contributed by atoms with E-state index in [4.69, 9.17) is 4.74 Å². The molecule has 6 heteroatoms. The van der Waals surface area contributed by atoms with E-state index in [0.717, 1.165) is 30.8 Å². The lowest BCUT2D eigenvalue weighted by Crippen LogP contribution is -2.31. The van der Waals surface area contributed by atoms with Gasteiger partial charge in [-0.3, -0.25) is 9.78 Å². The molecule has 3 heterocycles. The van der Waals surface area contributed by atoms with Crippen molar-refractivity contribution >= 4 is 5.91 Å². The van der Waals surface area contributed by atoms with E-state index in [1.54, 1.807) is 12.4 Å². The van der Waals surface area contributed by atoms with Crippen molar-refractivity contribution in [2.24, 2.45) is 5.92 Å². The number of carbonyl (C=O) groups is 1. The zero-order valence-electron chi connectivity index (χ0n) is 14.0. The largest absolute Gasteiger partial charge is 0.437 e. The zero-order valence-corrected chi connectivity index (χ0v) is 14.0.